The van der Waals surface area contributed by atoms with Crippen molar-refractivity contribution in [2.45, 2.75) is 20.5 Å². The highest BCUT2D eigenvalue weighted by Gasteiger charge is 2.07. The van der Waals surface area contributed by atoms with Crippen LogP contribution < -0.4 is 4.74 Å². The molecule has 5 heteroatoms. The molecular formula is C13H13ClN2O2. The first-order valence-corrected chi connectivity index (χ1v) is 5.85. The fraction of sp³-hybridized carbons (Fsp3) is 0.231. The molecule has 0 radical (unpaired) electrons. The van der Waals surface area contributed by atoms with Crippen molar-refractivity contribution in [3.8, 4) is 11.8 Å². The van der Waals surface area contributed by atoms with Crippen LogP contribution in [0, 0.1) is 13.8 Å². The van der Waals surface area contributed by atoms with E-state index < -0.39 is 0 Å². The molecule has 2 aromatic rings. The molecule has 0 aliphatic carbocycles. The fourth-order valence-corrected chi connectivity index (χ4v) is 1.62. The van der Waals surface area contributed by atoms with Crippen LogP contribution in [0.1, 0.15) is 16.8 Å². The quantitative estimate of drug-likeness (QED) is 0.926. The van der Waals surface area contributed by atoms with Crippen molar-refractivity contribution < 1.29 is 9.84 Å². The zero-order chi connectivity index (χ0) is 13.1. The molecule has 0 unspecified atom stereocenters. The van der Waals surface area contributed by atoms with Gasteiger partial charge in [-0.2, -0.15) is 4.98 Å². The highest BCUT2D eigenvalue weighted by atomic mass is 35.5. The fourth-order valence-electron chi connectivity index (χ4n) is 1.46. The van der Waals surface area contributed by atoms with Crippen LogP contribution in [0.4, 0.5) is 0 Å². The monoisotopic (exact) mass is 264 g/mol. The summed E-state index contributed by atoms with van der Waals surface area (Å²) in [4.78, 5) is 8.18. The van der Waals surface area contributed by atoms with Crippen molar-refractivity contribution in [2.75, 3.05) is 0 Å². The number of rotatable bonds is 3. The highest BCUT2D eigenvalue weighted by Crippen LogP contribution is 2.28. The number of halogens is 1. The number of ether oxygens (including phenoxy) is 1. The third-order valence-electron chi connectivity index (χ3n) is 2.52. The number of aliphatic hydroxyl groups is 1. The summed E-state index contributed by atoms with van der Waals surface area (Å²) in [6, 6.07) is 5.70. The van der Waals surface area contributed by atoms with E-state index in [1.165, 1.54) is 0 Å². The minimum Gasteiger partial charge on any atom is -0.423 e. The van der Waals surface area contributed by atoms with Gasteiger partial charge in [0.25, 0.3) is 0 Å². The van der Waals surface area contributed by atoms with Gasteiger partial charge in [-0.25, -0.2) is 4.98 Å². The molecule has 0 saturated heterocycles. The molecule has 0 atom stereocenters. The molecule has 0 aliphatic heterocycles. The Kier molecular flexibility index (Phi) is 3.79. The van der Waals surface area contributed by atoms with Crippen LogP contribution in [-0.4, -0.2) is 15.1 Å². The van der Waals surface area contributed by atoms with E-state index in [0.717, 1.165) is 5.56 Å². The number of hydrogen-bond donors (Lipinski definition) is 1. The molecule has 0 aliphatic rings. The van der Waals surface area contributed by atoms with Gasteiger partial charge in [0, 0.05) is 11.8 Å². The molecule has 0 fully saturated rings. The van der Waals surface area contributed by atoms with Crippen LogP contribution in [-0.2, 0) is 6.61 Å². The average Bonchev–Trinajstić information content (AvgIpc) is 2.34. The highest BCUT2D eigenvalue weighted by molar-refractivity contribution is 6.32. The Hall–Kier alpha value is -1.65. The van der Waals surface area contributed by atoms with Crippen molar-refractivity contribution in [3.05, 3.63) is 46.2 Å². The molecule has 94 valence electrons. The van der Waals surface area contributed by atoms with Gasteiger partial charge in [0.2, 0.25) is 0 Å². The van der Waals surface area contributed by atoms with E-state index in [-0.39, 0.29) is 12.6 Å². The van der Waals surface area contributed by atoms with Crippen LogP contribution in [0.15, 0.2) is 24.4 Å². The van der Waals surface area contributed by atoms with E-state index in [9.17, 15) is 0 Å². The van der Waals surface area contributed by atoms with Gasteiger partial charge in [-0.1, -0.05) is 17.7 Å². The van der Waals surface area contributed by atoms with Gasteiger partial charge < -0.3 is 9.84 Å². The van der Waals surface area contributed by atoms with Gasteiger partial charge >= 0.3 is 6.01 Å². The van der Waals surface area contributed by atoms with E-state index in [2.05, 4.69) is 9.97 Å². The summed E-state index contributed by atoms with van der Waals surface area (Å²) >= 11 is 6.02. The predicted molar refractivity (Wildman–Crippen MR) is 69.0 cm³/mol. The first kappa shape index (κ1) is 12.8. The Labute approximate surface area is 110 Å². The van der Waals surface area contributed by atoms with Crippen molar-refractivity contribution >= 4 is 11.6 Å². The van der Waals surface area contributed by atoms with Gasteiger partial charge in [-0.15, -0.1) is 0 Å². The molecule has 4 nitrogen and oxygen atoms in total. The summed E-state index contributed by atoms with van der Waals surface area (Å²) < 4.78 is 5.53. The van der Waals surface area contributed by atoms with Gasteiger partial charge in [-0.3, -0.25) is 0 Å². The Bertz CT molecular complexity index is 573. The lowest BCUT2D eigenvalue weighted by molar-refractivity contribution is 0.279. The molecule has 0 spiro atoms. The van der Waals surface area contributed by atoms with Crippen LogP contribution in [0.25, 0.3) is 0 Å². The molecule has 1 aromatic heterocycles. The van der Waals surface area contributed by atoms with Crippen molar-refractivity contribution in [3.63, 3.8) is 0 Å². The zero-order valence-corrected chi connectivity index (χ0v) is 10.9. The predicted octanol–water partition coefficient (Wildman–Crippen LogP) is 3.03. The summed E-state index contributed by atoms with van der Waals surface area (Å²) in [5.41, 5.74) is 2.40. The number of aliphatic hydroxyl groups excluding tert-OH is 1. The molecular weight excluding hydrogens is 252 g/mol. The van der Waals surface area contributed by atoms with Crippen LogP contribution in [0.5, 0.6) is 11.8 Å². The van der Waals surface area contributed by atoms with Crippen molar-refractivity contribution in [2.24, 2.45) is 0 Å². The molecule has 1 heterocycles. The molecule has 1 N–H and O–H groups in total. The maximum Gasteiger partial charge on any atom is 0.322 e. The Morgan fingerprint density at radius 2 is 2.11 bits per heavy atom. The number of aryl methyl sites for hydroxylation is 2. The Morgan fingerprint density at radius 1 is 1.33 bits per heavy atom. The largest absolute Gasteiger partial charge is 0.423 e. The van der Waals surface area contributed by atoms with Gasteiger partial charge in [0.15, 0.2) is 0 Å². The summed E-state index contributed by atoms with van der Waals surface area (Å²) in [7, 11) is 0. The number of nitrogens with zero attached hydrogens (tertiary/aromatic N) is 2. The molecule has 2 rings (SSSR count). The van der Waals surface area contributed by atoms with E-state index in [4.69, 9.17) is 21.4 Å². The summed E-state index contributed by atoms with van der Waals surface area (Å²) in [5.74, 6) is 0.521. The smallest absolute Gasteiger partial charge is 0.322 e. The lowest BCUT2D eigenvalue weighted by Gasteiger charge is -2.08. The second-order valence-corrected chi connectivity index (χ2v) is 4.36. The summed E-state index contributed by atoms with van der Waals surface area (Å²) in [5, 5.41) is 9.55. The maximum absolute atomic E-state index is 9.04. The van der Waals surface area contributed by atoms with Crippen molar-refractivity contribution in [1.82, 2.24) is 9.97 Å². The summed E-state index contributed by atoms with van der Waals surface area (Å²) in [6.45, 7) is 3.65. The van der Waals surface area contributed by atoms with Crippen LogP contribution in [0.3, 0.4) is 0 Å². The van der Waals surface area contributed by atoms with E-state index in [1.54, 1.807) is 19.2 Å². The lowest BCUT2D eigenvalue weighted by atomic mass is 10.2. The molecule has 0 bridgehead atoms. The first-order valence-electron chi connectivity index (χ1n) is 5.47. The van der Waals surface area contributed by atoms with Crippen molar-refractivity contribution in [1.29, 1.82) is 0 Å². The third kappa shape index (κ3) is 2.78. The zero-order valence-electron chi connectivity index (χ0n) is 10.1. The molecule has 1 aromatic carbocycles. The van der Waals surface area contributed by atoms with Crippen LogP contribution >= 0.6 is 11.6 Å². The number of aromatic nitrogens is 2. The standard InChI is InChI=1S/C13H13ClN2O2/c1-8-3-4-11(14)12(5-8)18-13-15-6-10(7-17)9(2)16-13/h3-6,17H,7H2,1-2H3. The van der Waals surface area contributed by atoms with Gasteiger partial charge in [0.05, 0.1) is 17.3 Å². The molecule has 0 saturated carbocycles. The second-order valence-electron chi connectivity index (χ2n) is 3.96. The Balaban J connectivity index is 2.28. The third-order valence-corrected chi connectivity index (χ3v) is 2.83. The number of hydrogen-bond acceptors (Lipinski definition) is 4. The minimum atomic E-state index is -0.0860. The van der Waals surface area contributed by atoms with Gasteiger partial charge in [-0.05, 0) is 31.5 Å². The topological polar surface area (TPSA) is 55.2 Å². The average molecular weight is 265 g/mol. The minimum absolute atomic E-state index is 0.0860. The molecule has 18 heavy (non-hydrogen) atoms. The second kappa shape index (κ2) is 5.33. The van der Waals surface area contributed by atoms with Gasteiger partial charge in [0.1, 0.15) is 5.75 Å². The first-order chi connectivity index (χ1) is 8.60. The number of benzene rings is 1. The SMILES string of the molecule is Cc1ccc(Cl)c(Oc2ncc(CO)c(C)n2)c1. The Morgan fingerprint density at radius 3 is 2.78 bits per heavy atom. The lowest BCUT2D eigenvalue weighted by Crippen LogP contribution is -1.98. The molecule has 0 amide bonds. The maximum atomic E-state index is 9.04. The summed E-state index contributed by atoms with van der Waals surface area (Å²) in [6.07, 6.45) is 1.54. The van der Waals surface area contributed by atoms with Crippen LogP contribution in [0.2, 0.25) is 5.02 Å². The van der Waals surface area contributed by atoms with E-state index >= 15 is 0 Å². The normalized spacial score (nSPS) is 10.4. The van der Waals surface area contributed by atoms with E-state index in [1.807, 2.05) is 19.1 Å². The van der Waals surface area contributed by atoms with E-state index in [0.29, 0.717) is 22.0 Å².